The van der Waals surface area contributed by atoms with Gasteiger partial charge in [-0.1, -0.05) is 159 Å². The summed E-state index contributed by atoms with van der Waals surface area (Å²) >= 11 is 0. The van der Waals surface area contributed by atoms with Crippen molar-refractivity contribution in [2.24, 2.45) is 0 Å². The standard InChI is InChI=1S/C56H38N4/c1-56(2)48-32-39-21-10-9-20-38(39)31-45(48)46-33-47-43-26-13-14-27-50(43)60(52(47)34-49(46)56)51-29-28-44(41-24-11-12-25-42(41)51)55-58-53(36-18-7-4-8-19-36)57-54(59-55)40-23-15-22-37(30-40)35-16-5-3-6-17-35/h3-34H,1-2H3. The van der Waals surface area contributed by atoms with Gasteiger partial charge in [-0.2, -0.15) is 0 Å². The van der Waals surface area contributed by atoms with Crippen molar-refractivity contribution in [1.82, 2.24) is 19.5 Å². The van der Waals surface area contributed by atoms with Crippen LogP contribution in [-0.2, 0) is 5.41 Å². The minimum Gasteiger partial charge on any atom is -0.309 e. The van der Waals surface area contributed by atoms with Crippen LogP contribution in [0.1, 0.15) is 25.0 Å². The molecule has 11 aromatic rings. The van der Waals surface area contributed by atoms with Gasteiger partial charge in [-0.15, -0.1) is 0 Å². The Labute approximate surface area is 348 Å². The Kier molecular flexibility index (Phi) is 7.54. The van der Waals surface area contributed by atoms with Gasteiger partial charge in [0, 0.05) is 38.3 Å². The molecule has 0 atom stereocenters. The van der Waals surface area contributed by atoms with Gasteiger partial charge in [0.15, 0.2) is 17.5 Å². The highest BCUT2D eigenvalue weighted by molar-refractivity contribution is 6.13. The van der Waals surface area contributed by atoms with Crippen molar-refractivity contribution >= 4 is 43.4 Å². The number of aromatic nitrogens is 4. The van der Waals surface area contributed by atoms with E-state index in [1.807, 2.05) is 24.3 Å². The SMILES string of the molecule is CC1(C)c2cc3ccccc3cc2-c2cc3c4ccccc4n(-c4ccc(-c5nc(-c6ccccc6)nc(-c6cccc(-c7ccccc7)c6)n5)c5ccccc45)c3cc21. The van der Waals surface area contributed by atoms with Crippen LogP contribution in [0.25, 0.3) is 105 Å². The monoisotopic (exact) mass is 766 g/mol. The third-order valence-corrected chi connectivity index (χ3v) is 12.6. The predicted molar refractivity (Wildman–Crippen MR) is 248 cm³/mol. The molecule has 4 heteroatoms. The minimum absolute atomic E-state index is 0.163. The number of rotatable bonds is 5. The van der Waals surface area contributed by atoms with E-state index in [1.165, 1.54) is 54.8 Å². The summed E-state index contributed by atoms with van der Waals surface area (Å²) in [5, 5.41) is 7.25. The van der Waals surface area contributed by atoms with Crippen molar-refractivity contribution in [3.8, 4) is 62.1 Å². The van der Waals surface area contributed by atoms with E-state index in [-0.39, 0.29) is 5.41 Å². The quantitative estimate of drug-likeness (QED) is 0.175. The van der Waals surface area contributed by atoms with E-state index in [2.05, 4.69) is 188 Å². The molecule has 0 saturated carbocycles. The van der Waals surface area contributed by atoms with Crippen molar-refractivity contribution in [3.63, 3.8) is 0 Å². The first kappa shape index (κ1) is 34.4. The van der Waals surface area contributed by atoms with Crippen LogP contribution in [-0.4, -0.2) is 19.5 Å². The second kappa shape index (κ2) is 13.2. The lowest BCUT2D eigenvalue weighted by molar-refractivity contribution is 0.662. The molecule has 2 heterocycles. The Balaban J connectivity index is 1.07. The van der Waals surface area contributed by atoms with Crippen LogP contribution in [0, 0.1) is 0 Å². The van der Waals surface area contributed by atoms with Gasteiger partial charge in [-0.25, -0.2) is 15.0 Å². The Morgan fingerprint density at radius 2 is 0.917 bits per heavy atom. The van der Waals surface area contributed by atoms with Gasteiger partial charge in [0.2, 0.25) is 0 Å². The Hall–Kier alpha value is -7.69. The molecule has 0 aliphatic heterocycles. The second-order valence-corrected chi connectivity index (χ2v) is 16.4. The summed E-state index contributed by atoms with van der Waals surface area (Å²) in [4.78, 5) is 15.5. The lowest BCUT2D eigenvalue weighted by Crippen LogP contribution is -2.15. The van der Waals surface area contributed by atoms with Crippen LogP contribution in [0.15, 0.2) is 194 Å². The molecule has 0 radical (unpaired) electrons. The largest absolute Gasteiger partial charge is 0.309 e. The smallest absolute Gasteiger partial charge is 0.164 e. The van der Waals surface area contributed by atoms with Gasteiger partial charge in [-0.05, 0) is 98.1 Å². The van der Waals surface area contributed by atoms with E-state index in [0.717, 1.165) is 44.3 Å². The van der Waals surface area contributed by atoms with E-state index in [0.29, 0.717) is 17.5 Å². The summed E-state index contributed by atoms with van der Waals surface area (Å²) in [5.74, 6) is 1.91. The topological polar surface area (TPSA) is 43.6 Å². The Morgan fingerprint density at radius 1 is 0.350 bits per heavy atom. The number of benzene rings is 9. The third kappa shape index (κ3) is 5.27. The van der Waals surface area contributed by atoms with Crippen LogP contribution in [0.5, 0.6) is 0 Å². The highest BCUT2D eigenvalue weighted by atomic mass is 15.0. The van der Waals surface area contributed by atoms with Crippen molar-refractivity contribution in [2.75, 3.05) is 0 Å². The first-order valence-corrected chi connectivity index (χ1v) is 20.6. The molecular weight excluding hydrogens is 729 g/mol. The van der Waals surface area contributed by atoms with Gasteiger partial charge >= 0.3 is 0 Å². The van der Waals surface area contributed by atoms with Crippen LogP contribution in [0.3, 0.4) is 0 Å². The fourth-order valence-corrected chi connectivity index (χ4v) is 9.62. The summed E-state index contributed by atoms with van der Waals surface area (Å²) in [5.41, 5.74) is 13.8. The van der Waals surface area contributed by atoms with E-state index < -0.39 is 0 Å². The van der Waals surface area contributed by atoms with Crippen LogP contribution < -0.4 is 0 Å². The summed E-state index contributed by atoms with van der Waals surface area (Å²) in [6.45, 7) is 4.75. The van der Waals surface area contributed by atoms with Crippen LogP contribution in [0.2, 0.25) is 0 Å². The molecule has 0 saturated heterocycles. The Morgan fingerprint density at radius 3 is 1.70 bits per heavy atom. The maximum atomic E-state index is 5.24. The normalized spacial score (nSPS) is 13.0. The number of para-hydroxylation sites is 1. The van der Waals surface area contributed by atoms with Crippen molar-refractivity contribution in [3.05, 3.63) is 205 Å². The average Bonchev–Trinajstić information content (AvgIpc) is 3.74. The van der Waals surface area contributed by atoms with E-state index in [1.54, 1.807) is 0 Å². The van der Waals surface area contributed by atoms with Gasteiger partial charge in [-0.3, -0.25) is 0 Å². The maximum absolute atomic E-state index is 5.24. The highest BCUT2D eigenvalue weighted by Gasteiger charge is 2.37. The minimum atomic E-state index is -0.163. The lowest BCUT2D eigenvalue weighted by atomic mass is 9.81. The molecule has 0 fully saturated rings. The van der Waals surface area contributed by atoms with Gasteiger partial charge in [0.1, 0.15) is 0 Å². The second-order valence-electron chi connectivity index (χ2n) is 16.4. The maximum Gasteiger partial charge on any atom is 0.164 e. The van der Waals surface area contributed by atoms with Gasteiger partial charge in [0.05, 0.1) is 16.7 Å². The molecule has 4 nitrogen and oxygen atoms in total. The third-order valence-electron chi connectivity index (χ3n) is 12.6. The number of fused-ring (bicyclic) bond motifs is 8. The summed E-state index contributed by atoms with van der Waals surface area (Å²) in [6.07, 6.45) is 0. The molecule has 282 valence electrons. The zero-order valence-electron chi connectivity index (χ0n) is 33.3. The number of hydrogen-bond donors (Lipinski definition) is 0. The number of nitrogens with zero attached hydrogens (tertiary/aromatic N) is 4. The predicted octanol–water partition coefficient (Wildman–Crippen LogP) is 14.2. The van der Waals surface area contributed by atoms with Crippen LogP contribution in [0.4, 0.5) is 0 Å². The molecular formula is C56H38N4. The zero-order chi connectivity index (χ0) is 40.0. The molecule has 1 aliphatic carbocycles. The zero-order valence-corrected chi connectivity index (χ0v) is 33.3. The van der Waals surface area contributed by atoms with Gasteiger partial charge < -0.3 is 4.57 Å². The summed E-state index contributed by atoms with van der Waals surface area (Å²) < 4.78 is 2.47. The molecule has 0 amide bonds. The number of hydrogen-bond acceptors (Lipinski definition) is 3. The molecule has 12 rings (SSSR count). The summed E-state index contributed by atoms with van der Waals surface area (Å²) in [7, 11) is 0. The average molecular weight is 767 g/mol. The first-order chi connectivity index (χ1) is 29.5. The summed E-state index contributed by atoms with van der Waals surface area (Å²) in [6, 6.07) is 69.5. The molecule has 60 heavy (non-hydrogen) atoms. The Bertz CT molecular complexity index is 3510. The molecule has 0 bridgehead atoms. The molecule has 0 unspecified atom stereocenters. The van der Waals surface area contributed by atoms with E-state index >= 15 is 0 Å². The van der Waals surface area contributed by atoms with Crippen molar-refractivity contribution in [1.29, 1.82) is 0 Å². The van der Waals surface area contributed by atoms with Gasteiger partial charge in [0.25, 0.3) is 0 Å². The van der Waals surface area contributed by atoms with Crippen molar-refractivity contribution in [2.45, 2.75) is 19.3 Å². The fraction of sp³-hybridized carbons (Fsp3) is 0.0536. The van der Waals surface area contributed by atoms with Crippen LogP contribution >= 0.6 is 0 Å². The lowest BCUT2D eigenvalue weighted by Gasteiger charge is -2.22. The van der Waals surface area contributed by atoms with E-state index in [4.69, 9.17) is 15.0 Å². The highest BCUT2D eigenvalue weighted by Crippen LogP contribution is 2.52. The van der Waals surface area contributed by atoms with Crippen molar-refractivity contribution < 1.29 is 0 Å². The molecule has 0 N–H and O–H groups in total. The molecule has 0 spiro atoms. The molecule has 9 aromatic carbocycles. The molecule has 1 aliphatic rings. The fourth-order valence-electron chi connectivity index (χ4n) is 9.62. The van der Waals surface area contributed by atoms with E-state index in [9.17, 15) is 0 Å². The first-order valence-electron chi connectivity index (χ1n) is 20.6. The molecule has 2 aromatic heterocycles.